The van der Waals surface area contributed by atoms with Gasteiger partial charge in [0.2, 0.25) is 0 Å². The Morgan fingerprint density at radius 1 is 1.28 bits per heavy atom. The number of ether oxygens (including phenoxy) is 4. The maximum Gasteiger partial charge on any atom is 0.171 e. The summed E-state index contributed by atoms with van der Waals surface area (Å²) in [5, 5.41) is 0. The monoisotopic (exact) mass is 350 g/mol. The van der Waals surface area contributed by atoms with Crippen LogP contribution in [0.5, 0.6) is 0 Å². The molecule has 2 aliphatic heterocycles. The summed E-state index contributed by atoms with van der Waals surface area (Å²) in [4.78, 5) is 0. The van der Waals surface area contributed by atoms with Gasteiger partial charge in [0.25, 0.3) is 0 Å². The van der Waals surface area contributed by atoms with Crippen LogP contribution >= 0.6 is 0 Å². The summed E-state index contributed by atoms with van der Waals surface area (Å²) in [6.07, 6.45) is 11.8. The summed E-state index contributed by atoms with van der Waals surface area (Å²) in [5.41, 5.74) is 0. The molecule has 0 aromatic heterocycles. The largest absolute Gasteiger partial charge is 0.498 e. The zero-order valence-corrected chi connectivity index (χ0v) is 16.0. The molecular weight excluding hydrogens is 316 g/mol. The van der Waals surface area contributed by atoms with Crippen molar-refractivity contribution in [1.29, 1.82) is 0 Å². The van der Waals surface area contributed by atoms with Crippen molar-refractivity contribution in [3.8, 4) is 0 Å². The minimum atomic E-state index is -0.393. The molecule has 3 aliphatic rings. The molecule has 1 unspecified atom stereocenters. The van der Waals surface area contributed by atoms with Gasteiger partial charge in [0.1, 0.15) is 12.2 Å². The van der Waals surface area contributed by atoms with E-state index < -0.39 is 5.79 Å². The van der Waals surface area contributed by atoms with Crippen molar-refractivity contribution in [2.24, 2.45) is 17.8 Å². The van der Waals surface area contributed by atoms with E-state index in [2.05, 4.69) is 27.4 Å². The predicted molar refractivity (Wildman–Crippen MR) is 97.8 cm³/mol. The van der Waals surface area contributed by atoms with Crippen LogP contribution in [0, 0.1) is 17.8 Å². The molecule has 0 amide bonds. The van der Waals surface area contributed by atoms with Crippen LogP contribution in [0.4, 0.5) is 0 Å². The average Bonchev–Trinajstić information content (AvgIpc) is 2.55. The first-order valence-electron chi connectivity index (χ1n) is 9.92. The second-order valence-electron chi connectivity index (χ2n) is 8.33. The van der Waals surface area contributed by atoms with Gasteiger partial charge in [-0.05, 0) is 30.8 Å². The zero-order chi connectivity index (χ0) is 17.9. The lowest BCUT2D eigenvalue weighted by molar-refractivity contribution is -0.341. The summed E-state index contributed by atoms with van der Waals surface area (Å²) in [5.74, 6) is 1.32. The molecule has 1 saturated heterocycles. The fraction of sp³-hybridized carbons (Fsp3) is 0.810. The summed E-state index contributed by atoms with van der Waals surface area (Å²) in [6.45, 7) is 11.3. The molecule has 0 N–H and O–H groups in total. The fourth-order valence-corrected chi connectivity index (χ4v) is 4.78. The third-order valence-corrected chi connectivity index (χ3v) is 5.98. The van der Waals surface area contributed by atoms with Crippen LogP contribution in [0.1, 0.15) is 59.3 Å². The van der Waals surface area contributed by atoms with Gasteiger partial charge in [0.05, 0.1) is 25.2 Å². The Kier molecular flexibility index (Phi) is 6.11. The highest BCUT2D eigenvalue weighted by atomic mass is 16.7. The van der Waals surface area contributed by atoms with Crippen molar-refractivity contribution in [3.05, 3.63) is 25.2 Å². The molecule has 4 heteroatoms. The van der Waals surface area contributed by atoms with Crippen LogP contribution < -0.4 is 0 Å². The molecule has 142 valence electrons. The van der Waals surface area contributed by atoms with Crippen LogP contribution in [0.15, 0.2) is 25.2 Å². The van der Waals surface area contributed by atoms with E-state index in [0.29, 0.717) is 17.8 Å². The van der Waals surface area contributed by atoms with Crippen molar-refractivity contribution < 1.29 is 18.9 Å². The molecule has 1 aliphatic carbocycles. The summed E-state index contributed by atoms with van der Waals surface area (Å²) >= 11 is 0. The Labute approximate surface area is 152 Å². The minimum absolute atomic E-state index is 0.0585. The Bertz CT molecular complexity index is 475. The van der Waals surface area contributed by atoms with E-state index in [9.17, 15) is 0 Å². The van der Waals surface area contributed by atoms with E-state index in [1.54, 1.807) is 6.26 Å². The number of hydrogen-bond donors (Lipinski definition) is 0. The van der Waals surface area contributed by atoms with Crippen LogP contribution in [-0.2, 0) is 18.9 Å². The second kappa shape index (κ2) is 8.13. The topological polar surface area (TPSA) is 36.9 Å². The molecule has 4 nitrogen and oxygen atoms in total. The lowest BCUT2D eigenvalue weighted by atomic mass is 9.72. The van der Waals surface area contributed by atoms with E-state index in [1.807, 2.05) is 6.08 Å². The van der Waals surface area contributed by atoms with Crippen molar-refractivity contribution in [2.45, 2.75) is 83.4 Å². The maximum absolute atomic E-state index is 6.67. The molecule has 3 rings (SSSR count). The SMILES string of the molecule is C=CO[C@H]1C=CO[C@@H](C[C@@H]2CCOC3(C[C@H](C)CC[C@H]3C(C)C)O2)C1. The molecule has 2 fully saturated rings. The predicted octanol–water partition coefficient (Wildman–Crippen LogP) is 4.80. The Hall–Kier alpha value is -1.00. The van der Waals surface area contributed by atoms with E-state index in [4.69, 9.17) is 18.9 Å². The van der Waals surface area contributed by atoms with Gasteiger partial charge in [0.15, 0.2) is 5.79 Å². The van der Waals surface area contributed by atoms with Crippen molar-refractivity contribution >= 4 is 0 Å². The molecular formula is C21H34O4. The highest BCUT2D eigenvalue weighted by Gasteiger charge is 2.49. The fourth-order valence-electron chi connectivity index (χ4n) is 4.78. The molecule has 0 aromatic rings. The summed E-state index contributed by atoms with van der Waals surface area (Å²) in [7, 11) is 0. The molecule has 25 heavy (non-hydrogen) atoms. The van der Waals surface area contributed by atoms with Gasteiger partial charge in [-0.2, -0.15) is 0 Å². The third kappa shape index (κ3) is 4.40. The van der Waals surface area contributed by atoms with Crippen LogP contribution in [-0.4, -0.2) is 30.7 Å². The highest BCUT2D eigenvalue weighted by molar-refractivity contribution is 4.95. The van der Waals surface area contributed by atoms with Gasteiger partial charge in [-0.25, -0.2) is 0 Å². The molecule has 0 aromatic carbocycles. The van der Waals surface area contributed by atoms with E-state index in [-0.39, 0.29) is 18.3 Å². The Balaban J connectivity index is 1.64. The molecule has 2 heterocycles. The van der Waals surface area contributed by atoms with Crippen LogP contribution in [0.3, 0.4) is 0 Å². The number of rotatable bonds is 5. The normalized spacial score (nSPS) is 41.5. The van der Waals surface area contributed by atoms with Gasteiger partial charge >= 0.3 is 0 Å². The average molecular weight is 350 g/mol. The van der Waals surface area contributed by atoms with Crippen LogP contribution in [0.25, 0.3) is 0 Å². The molecule has 0 radical (unpaired) electrons. The van der Waals surface area contributed by atoms with Crippen molar-refractivity contribution in [3.63, 3.8) is 0 Å². The Morgan fingerprint density at radius 2 is 2.12 bits per heavy atom. The number of hydrogen-bond acceptors (Lipinski definition) is 4. The Morgan fingerprint density at radius 3 is 2.88 bits per heavy atom. The zero-order valence-electron chi connectivity index (χ0n) is 16.0. The van der Waals surface area contributed by atoms with Gasteiger partial charge in [-0.3, -0.25) is 0 Å². The van der Waals surface area contributed by atoms with Gasteiger partial charge < -0.3 is 18.9 Å². The minimum Gasteiger partial charge on any atom is -0.498 e. The van der Waals surface area contributed by atoms with E-state index in [1.165, 1.54) is 19.1 Å². The lowest BCUT2D eigenvalue weighted by Gasteiger charge is -2.51. The van der Waals surface area contributed by atoms with E-state index >= 15 is 0 Å². The third-order valence-electron chi connectivity index (χ3n) is 5.98. The summed E-state index contributed by atoms with van der Waals surface area (Å²) in [6, 6.07) is 0. The summed E-state index contributed by atoms with van der Waals surface area (Å²) < 4.78 is 24.3. The quantitative estimate of drug-likeness (QED) is 0.667. The van der Waals surface area contributed by atoms with Crippen LogP contribution in [0.2, 0.25) is 0 Å². The maximum atomic E-state index is 6.67. The standard InChI is InChI=1S/C21H34O4/c1-5-22-17-8-10-23-19(12-17)13-18-9-11-24-21(25-18)14-16(4)6-7-20(21)15(2)3/h5,8,10,15-20H,1,6-7,9,11-14H2,2-4H3/t16-,17+,18+,19-,20+,21?/m1/s1. The van der Waals surface area contributed by atoms with E-state index in [0.717, 1.165) is 32.3 Å². The van der Waals surface area contributed by atoms with Crippen molar-refractivity contribution in [2.75, 3.05) is 6.61 Å². The van der Waals surface area contributed by atoms with Gasteiger partial charge in [-0.1, -0.05) is 33.8 Å². The molecule has 6 atom stereocenters. The molecule has 1 saturated carbocycles. The van der Waals surface area contributed by atoms with Crippen molar-refractivity contribution in [1.82, 2.24) is 0 Å². The first kappa shape index (κ1) is 18.8. The lowest BCUT2D eigenvalue weighted by Crippen LogP contribution is -2.55. The molecule has 0 bridgehead atoms. The second-order valence-corrected chi connectivity index (χ2v) is 8.33. The first-order chi connectivity index (χ1) is 12.0. The van der Waals surface area contributed by atoms with Gasteiger partial charge in [0, 0.05) is 25.2 Å². The van der Waals surface area contributed by atoms with Gasteiger partial charge in [-0.15, -0.1) is 0 Å². The smallest absolute Gasteiger partial charge is 0.171 e. The highest BCUT2D eigenvalue weighted by Crippen LogP contribution is 2.47. The first-order valence-corrected chi connectivity index (χ1v) is 9.92. The molecule has 1 spiro atoms.